The molecule has 4 aromatic heterocycles. The fourth-order valence-electron chi connectivity index (χ4n) is 2.92. The summed E-state index contributed by atoms with van der Waals surface area (Å²) in [4.78, 5) is 18.8. The molecule has 0 aliphatic rings. The Morgan fingerprint density at radius 2 is 1.97 bits per heavy atom. The molecule has 0 amide bonds. The Balaban J connectivity index is 1.50. The number of benzene rings is 1. The first-order valence-electron chi connectivity index (χ1n) is 8.45. The van der Waals surface area contributed by atoms with Gasteiger partial charge in [-0.15, -0.1) is 22.7 Å². The van der Waals surface area contributed by atoms with Crippen molar-refractivity contribution in [2.24, 2.45) is 0 Å². The number of nitrogens with zero attached hydrogens (tertiary/aromatic N) is 4. The molecule has 5 rings (SSSR count). The average Bonchev–Trinajstić information content (AvgIpc) is 3.32. The Bertz CT molecular complexity index is 1370. The SMILES string of the molecule is Oc1ccc(Br)cc1Nc1ncnc2cc(Cc3nc(Cl)c4sccc4n3)sc12. The van der Waals surface area contributed by atoms with E-state index in [4.69, 9.17) is 11.6 Å². The lowest BCUT2D eigenvalue weighted by molar-refractivity contribution is 0.477. The van der Waals surface area contributed by atoms with Crippen LogP contribution in [0.1, 0.15) is 10.7 Å². The normalized spacial score (nSPS) is 11.4. The van der Waals surface area contributed by atoms with Crippen LogP contribution in [0.2, 0.25) is 5.15 Å². The number of anilines is 2. The minimum absolute atomic E-state index is 0.142. The lowest BCUT2D eigenvalue weighted by atomic mass is 10.3. The van der Waals surface area contributed by atoms with E-state index in [0.29, 0.717) is 28.9 Å². The average molecular weight is 505 g/mol. The summed E-state index contributed by atoms with van der Waals surface area (Å²) in [6, 6.07) is 9.13. The first-order valence-corrected chi connectivity index (χ1v) is 11.3. The smallest absolute Gasteiger partial charge is 0.151 e. The van der Waals surface area contributed by atoms with Crippen molar-refractivity contribution in [2.75, 3.05) is 5.32 Å². The molecule has 10 heteroatoms. The van der Waals surface area contributed by atoms with Crippen molar-refractivity contribution in [1.29, 1.82) is 0 Å². The van der Waals surface area contributed by atoms with E-state index >= 15 is 0 Å². The van der Waals surface area contributed by atoms with Crippen LogP contribution in [-0.2, 0) is 6.42 Å². The maximum absolute atomic E-state index is 10.1. The summed E-state index contributed by atoms with van der Waals surface area (Å²) in [7, 11) is 0. The zero-order chi connectivity index (χ0) is 20.0. The van der Waals surface area contributed by atoms with Gasteiger partial charge in [0.25, 0.3) is 0 Å². The van der Waals surface area contributed by atoms with Crippen molar-refractivity contribution in [3.05, 3.63) is 62.4 Å². The minimum atomic E-state index is 0.142. The molecule has 0 unspecified atom stereocenters. The molecule has 0 saturated carbocycles. The van der Waals surface area contributed by atoms with Gasteiger partial charge in [-0.1, -0.05) is 27.5 Å². The Kier molecular flexibility index (Phi) is 4.83. The monoisotopic (exact) mass is 503 g/mol. The molecule has 0 saturated heterocycles. The first kappa shape index (κ1) is 18.7. The highest BCUT2D eigenvalue weighted by atomic mass is 79.9. The largest absolute Gasteiger partial charge is 0.506 e. The molecule has 0 atom stereocenters. The highest BCUT2D eigenvalue weighted by molar-refractivity contribution is 9.10. The maximum Gasteiger partial charge on any atom is 0.151 e. The van der Waals surface area contributed by atoms with Gasteiger partial charge in [-0.05, 0) is 35.7 Å². The quantitative estimate of drug-likeness (QED) is 0.225. The van der Waals surface area contributed by atoms with Gasteiger partial charge in [-0.25, -0.2) is 19.9 Å². The van der Waals surface area contributed by atoms with Crippen LogP contribution in [0.5, 0.6) is 5.75 Å². The molecule has 4 heterocycles. The molecule has 29 heavy (non-hydrogen) atoms. The van der Waals surface area contributed by atoms with Gasteiger partial charge in [-0.2, -0.15) is 0 Å². The molecule has 0 radical (unpaired) electrons. The van der Waals surface area contributed by atoms with E-state index in [2.05, 4.69) is 41.2 Å². The van der Waals surface area contributed by atoms with Gasteiger partial charge in [0, 0.05) is 15.8 Å². The Labute approximate surface area is 186 Å². The molecule has 5 aromatic rings. The van der Waals surface area contributed by atoms with E-state index in [9.17, 15) is 5.11 Å². The number of hydrogen-bond donors (Lipinski definition) is 2. The van der Waals surface area contributed by atoms with Crippen LogP contribution in [0.25, 0.3) is 20.4 Å². The Morgan fingerprint density at radius 1 is 1.07 bits per heavy atom. The highest BCUT2D eigenvalue weighted by Crippen LogP contribution is 2.35. The number of phenols is 1. The molecule has 1 aromatic carbocycles. The van der Waals surface area contributed by atoms with Crippen LogP contribution in [0.3, 0.4) is 0 Å². The van der Waals surface area contributed by atoms with Crippen LogP contribution >= 0.6 is 50.2 Å². The second kappa shape index (κ2) is 7.49. The van der Waals surface area contributed by atoms with Crippen LogP contribution in [0.15, 0.2) is 46.5 Å². The fourth-order valence-corrected chi connectivity index (χ4v) is 5.37. The zero-order valence-electron chi connectivity index (χ0n) is 14.6. The van der Waals surface area contributed by atoms with E-state index in [1.54, 1.807) is 29.5 Å². The van der Waals surface area contributed by atoms with E-state index in [1.165, 1.54) is 17.7 Å². The van der Waals surface area contributed by atoms with Gasteiger partial charge in [-0.3, -0.25) is 0 Å². The van der Waals surface area contributed by atoms with Gasteiger partial charge in [0.15, 0.2) is 11.0 Å². The molecular weight excluding hydrogens is 494 g/mol. The van der Waals surface area contributed by atoms with Crippen molar-refractivity contribution in [1.82, 2.24) is 19.9 Å². The molecule has 2 N–H and O–H groups in total. The van der Waals surface area contributed by atoms with E-state index < -0.39 is 0 Å². The third-order valence-corrected chi connectivity index (χ3v) is 7.13. The van der Waals surface area contributed by atoms with E-state index in [1.807, 2.05) is 17.5 Å². The summed E-state index contributed by atoms with van der Waals surface area (Å²) in [6.07, 6.45) is 2.05. The van der Waals surface area contributed by atoms with Crippen molar-refractivity contribution >= 4 is 82.1 Å². The number of aromatic nitrogens is 4. The van der Waals surface area contributed by atoms with Gasteiger partial charge in [0.2, 0.25) is 0 Å². The number of fused-ring (bicyclic) bond motifs is 2. The summed E-state index contributed by atoms with van der Waals surface area (Å²) in [5.41, 5.74) is 2.24. The number of hydrogen-bond acceptors (Lipinski definition) is 8. The minimum Gasteiger partial charge on any atom is -0.506 e. The third-order valence-electron chi connectivity index (χ3n) is 4.21. The van der Waals surface area contributed by atoms with Gasteiger partial charge in [0.05, 0.1) is 26.1 Å². The second-order valence-corrected chi connectivity index (χ2v) is 9.50. The van der Waals surface area contributed by atoms with E-state index in [0.717, 1.165) is 29.8 Å². The van der Waals surface area contributed by atoms with Crippen molar-refractivity contribution in [3.63, 3.8) is 0 Å². The molecule has 0 aliphatic carbocycles. The lowest BCUT2D eigenvalue weighted by Crippen LogP contribution is -1.95. The summed E-state index contributed by atoms with van der Waals surface area (Å²) >= 11 is 12.8. The lowest BCUT2D eigenvalue weighted by Gasteiger charge is -2.08. The summed E-state index contributed by atoms with van der Waals surface area (Å²) in [6.45, 7) is 0. The molecule has 0 aliphatic heterocycles. The standard InChI is InChI=1S/C19H11BrClN5OS2/c20-9-1-2-14(27)12(5-9)25-19-17-13(22-8-23-19)6-10(29-17)7-15-24-11-3-4-28-16(11)18(21)26-15/h1-6,8,27H,7H2,(H,22,23,25). The summed E-state index contributed by atoms with van der Waals surface area (Å²) in [5, 5.41) is 15.7. The van der Waals surface area contributed by atoms with Crippen LogP contribution in [0, 0.1) is 0 Å². The topological polar surface area (TPSA) is 83.8 Å². The van der Waals surface area contributed by atoms with Crippen molar-refractivity contribution in [3.8, 4) is 5.75 Å². The number of rotatable bonds is 4. The van der Waals surface area contributed by atoms with Crippen molar-refractivity contribution in [2.45, 2.75) is 6.42 Å². The number of aromatic hydroxyl groups is 1. The Morgan fingerprint density at radius 3 is 2.86 bits per heavy atom. The molecule has 144 valence electrons. The molecule has 0 bridgehead atoms. The molecule has 6 nitrogen and oxygen atoms in total. The predicted octanol–water partition coefficient (Wildman–Crippen LogP) is 6.15. The number of phenolic OH excluding ortho intramolecular Hbond substituents is 1. The van der Waals surface area contributed by atoms with E-state index in [-0.39, 0.29) is 5.75 Å². The molecular formula is C19H11BrClN5OS2. The predicted molar refractivity (Wildman–Crippen MR) is 122 cm³/mol. The zero-order valence-corrected chi connectivity index (χ0v) is 18.5. The van der Waals surface area contributed by atoms with Crippen LogP contribution in [-0.4, -0.2) is 25.0 Å². The highest BCUT2D eigenvalue weighted by Gasteiger charge is 2.14. The number of halogens is 2. The number of thiophene rings is 2. The van der Waals surface area contributed by atoms with Gasteiger partial charge < -0.3 is 10.4 Å². The summed E-state index contributed by atoms with van der Waals surface area (Å²) in [5.74, 6) is 1.44. The third kappa shape index (κ3) is 3.66. The van der Waals surface area contributed by atoms with Crippen LogP contribution < -0.4 is 5.32 Å². The van der Waals surface area contributed by atoms with Gasteiger partial charge >= 0.3 is 0 Å². The maximum atomic E-state index is 10.1. The molecule has 0 spiro atoms. The number of nitrogens with one attached hydrogen (secondary N) is 1. The van der Waals surface area contributed by atoms with Gasteiger partial charge in [0.1, 0.15) is 17.9 Å². The molecule has 0 fully saturated rings. The second-order valence-electron chi connectivity index (χ2n) is 6.18. The fraction of sp³-hybridized carbons (Fsp3) is 0.0526. The first-order chi connectivity index (χ1) is 14.1. The van der Waals surface area contributed by atoms with Crippen molar-refractivity contribution < 1.29 is 5.11 Å². The Hall–Kier alpha value is -2.33. The summed E-state index contributed by atoms with van der Waals surface area (Å²) < 4.78 is 2.65. The van der Waals surface area contributed by atoms with Crippen LogP contribution in [0.4, 0.5) is 11.5 Å².